The van der Waals surface area contributed by atoms with Crippen LogP contribution in [0.1, 0.15) is 19.4 Å². The highest BCUT2D eigenvalue weighted by atomic mass is 16.5. The largest absolute Gasteiger partial charge is 0.464 e. The molecule has 16 heavy (non-hydrogen) atoms. The molecule has 0 spiro atoms. The summed E-state index contributed by atoms with van der Waals surface area (Å²) in [6.45, 7) is 5.07. The lowest BCUT2D eigenvalue weighted by molar-refractivity contribution is -0.141. The minimum Gasteiger partial charge on any atom is -0.464 e. The van der Waals surface area contributed by atoms with Crippen molar-refractivity contribution in [1.29, 1.82) is 0 Å². The number of rotatable bonds is 4. The summed E-state index contributed by atoms with van der Waals surface area (Å²) in [4.78, 5) is 13.0. The summed E-state index contributed by atoms with van der Waals surface area (Å²) in [6.07, 6.45) is 0. The second-order valence-corrected chi connectivity index (χ2v) is 4.27. The van der Waals surface area contributed by atoms with Gasteiger partial charge in [-0.3, -0.25) is 9.69 Å². The molecule has 0 amide bonds. The van der Waals surface area contributed by atoms with Crippen LogP contribution in [-0.4, -0.2) is 29.6 Å². The average Bonchev–Trinajstić information content (AvgIpc) is 2.87. The van der Waals surface area contributed by atoms with Gasteiger partial charge in [-0.05, 0) is 12.5 Å². The van der Waals surface area contributed by atoms with Crippen LogP contribution in [0.2, 0.25) is 0 Å². The summed E-state index contributed by atoms with van der Waals surface area (Å²) in [7, 11) is 0. The van der Waals surface area contributed by atoms with Crippen LogP contribution in [0, 0.1) is 0 Å². The molecule has 1 heterocycles. The van der Waals surface area contributed by atoms with E-state index in [1.165, 1.54) is 12.5 Å². The maximum absolute atomic E-state index is 10.7. The van der Waals surface area contributed by atoms with Gasteiger partial charge in [-0.25, -0.2) is 0 Å². The van der Waals surface area contributed by atoms with Gasteiger partial charge in [-0.2, -0.15) is 0 Å². The maximum Gasteiger partial charge on any atom is 0.302 e. The van der Waals surface area contributed by atoms with Crippen molar-refractivity contribution in [3.05, 3.63) is 35.9 Å². The predicted molar refractivity (Wildman–Crippen MR) is 61.9 cm³/mol. The Labute approximate surface area is 96.0 Å². The number of carbonyl (C=O) groups is 1. The van der Waals surface area contributed by atoms with Crippen molar-refractivity contribution < 1.29 is 9.53 Å². The summed E-state index contributed by atoms with van der Waals surface area (Å²) in [6, 6.07) is 11.3. The lowest BCUT2D eigenvalue weighted by Crippen LogP contribution is -2.11. The van der Waals surface area contributed by atoms with Crippen molar-refractivity contribution in [2.24, 2.45) is 0 Å². The van der Waals surface area contributed by atoms with E-state index in [0.29, 0.717) is 18.7 Å². The van der Waals surface area contributed by atoms with E-state index in [1.807, 2.05) is 18.2 Å². The molecule has 0 radical (unpaired) electrons. The zero-order chi connectivity index (χ0) is 11.5. The molecule has 0 bridgehead atoms. The number of hydrogen-bond acceptors (Lipinski definition) is 3. The molecule has 1 aliphatic heterocycles. The Morgan fingerprint density at radius 3 is 2.69 bits per heavy atom. The molecule has 0 aliphatic carbocycles. The molecule has 3 heteroatoms. The summed E-state index contributed by atoms with van der Waals surface area (Å²) >= 11 is 0. The van der Waals surface area contributed by atoms with Crippen molar-refractivity contribution in [3.63, 3.8) is 0 Å². The second-order valence-electron chi connectivity index (χ2n) is 4.27. The van der Waals surface area contributed by atoms with E-state index in [-0.39, 0.29) is 5.97 Å². The molecule has 0 N–H and O–H groups in total. The van der Waals surface area contributed by atoms with Gasteiger partial charge in [0.2, 0.25) is 0 Å². The molecular formula is C13H17NO2. The van der Waals surface area contributed by atoms with E-state index in [1.54, 1.807) is 0 Å². The van der Waals surface area contributed by atoms with Crippen molar-refractivity contribution in [2.75, 3.05) is 6.61 Å². The van der Waals surface area contributed by atoms with Gasteiger partial charge in [0.15, 0.2) is 0 Å². The average molecular weight is 219 g/mol. The first kappa shape index (κ1) is 11.1. The molecule has 1 aromatic rings. The van der Waals surface area contributed by atoms with E-state index in [4.69, 9.17) is 4.74 Å². The van der Waals surface area contributed by atoms with Gasteiger partial charge in [0.25, 0.3) is 0 Å². The molecule has 1 unspecified atom stereocenters. The minimum absolute atomic E-state index is 0.196. The number of carbonyl (C=O) groups excluding carboxylic acids is 1. The van der Waals surface area contributed by atoms with Crippen LogP contribution in [0.25, 0.3) is 0 Å². The topological polar surface area (TPSA) is 29.3 Å². The monoisotopic (exact) mass is 219 g/mol. The summed E-state index contributed by atoms with van der Waals surface area (Å²) in [5.41, 5.74) is 1.31. The van der Waals surface area contributed by atoms with Crippen LogP contribution in [0.3, 0.4) is 0 Å². The molecule has 0 aromatic heterocycles. The number of benzene rings is 1. The van der Waals surface area contributed by atoms with Crippen molar-refractivity contribution in [2.45, 2.75) is 32.5 Å². The number of hydrogen-bond donors (Lipinski definition) is 0. The van der Waals surface area contributed by atoms with E-state index < -0.39 is 0 Å². The molecule has 3 nitrogen and oxygen atoms in total. The normalized spacial score (nSPS) is 27.5. The Hall–Kier alpha value is -1.35. The number of nitrogens with zero attached hydrogens (tertiary/aromatic N) is 1. The molecular weight excluding hydrogens is 202 g/mol. The van der Waals surface area contributed by atoms with Gasteiger partial charge < -0.3 is 4.74 Å². The molecule has 0 saturated carbocycles. The fraction of sp³-hybridized carbons (Fsp3) is 0.462. The fourth-order valence-corrected chi connectivity index (χ4v) is 1.97. The molecule has 86 valence electrons. The molecule has 1 aromatic carbocycles. The Balaban J connectivity index is 1.82. The van der Waals surface area contributed by atoms with Crippen molar-refractivity contribution in [1.82, 2.24) is 4.90 Å². The highest BCUT2D eigenvalue weighted by molar-refractivity contribution is 5.65. The molecule has 1 aliphatic rings. The smallest absolute Gasteiger partial charge is 0.302 e. The van der Waals surface area contributed by atoms with Crippen LogP contribution in [0.4, 0.5) is 0 Å². The van der Waals surface area contributed by atoms with Crippen LogP contribution < -0.4 is 0 Å². The summed E-state index contributed by atoms with van der Waals surface area (Å²) in [5.74, 6) is -0.196. The van der Waals surface area contributed by atoms with Crippen LogP contribution in [-0.2, 0) is 16.1 Å². The third-order valence-electron chi connectivity index (χ3n) is 3.08. The highest BCUT2D eigenvalue weighted by Gasteiger charge is 2.44. The molecule has 3 atom stereocenters. The Bertz CT molecular complexity index is 363. The van der Waals surface area contributed by atoms with Gasteiger partial charge in [0.1, 0.15) is 6.61 Å². The molecule has 2 rings (SSSR count). The summed E-state index contributed by atoms with van der Waals surface area (Å²) < 4.78 is 5.02. The zero-order valence-electron chi connectivity index (χ0n) is 9.72. The number of esters is 1. The Morgan fingerprint density at radius 2 is 2.06 bits per heavy atom. The first-order valence-electron chi connectivity index (χ1n) is 5.61. The van der Waals surface area contributed by atoms with Crippen molar-refractivity contribution >= 4 is 5.97 Å². The maximum atomic E-state index is 10.7. The van der Waals surface area contributed by atoms with E-state index in [0.717, 1.165) is 6.54 Å². The quantitative estimate of drug-likeness (QED) is 0.571. The van der Waals surface area contributed by atoms with Crippen LogP contribution in [0.5, 0.6) is 0 Å². The third kappa shape index (κ3) is 2.61. The highest BCUT2D eigenvalue weighted by Crippen LogP contribution is 2.30. The second kappa shape index (κ2) is 4.66. The fourth-order valence-electron chi connectivity index (χ4n) is 1.97. The van der Waals surface area contributed by atoms with Gasteiger partial charge in [-0.1, -0.05) is 30.3 Å². The van der Waals surface area contributed by atoms with Gasteiger partial charge in [-0.15, -0.1) is 0 Å². The first-order chi connectivity index (χ1) is 7.68. The van der Waals surface area contributed by atoms with Gasteiger partial charge in [0.05, 0.1) is 6.04 Å². The standard InChI is InChI=1S/C13H17NO2/c1-10-13(9-16-11(2)15)14(10)8-12-6-4-3-5-7-12/h3-7,10,13H,8-9H2,1-2H3/t10-,13-,14?/m0/s1. The zero-order valence-corrected chi connectivity index (χ0v) is 9.72. The Kier molecular flexibility index (Phi) is 3.25. The third-order valence-corrected chi connectivity index (χ3v) is 3.08. The lowest BCUT2D eigenvalue weighted by atomic mass is 10.2. The molecule has 1 saturated heterocycles. The molecule has 1 fully saturated rings. The van der Waals surface area contributed by atoms with Crippen molar-refractivity contribution in [3.8, 4) is 0 Å². The minimum atomic E-state index is -0.196. The van der Waals surface area contributed by atoms with Crippen LogP contribution in [0.15, 0.2) is 30.3 Å². The SMILES string of the molecule is CC(=O)OC[C@H]1[C@H](C)N1Cc1ccccc1. The summed E-state index contributed by atoms with van der Waals surface area (Å²) in [5, 5.41) is 0. The number of ether oxygens (including phenoxy) is 1. The van der Waals surface area contributed by atoms with Gasteiger partial charge >= 0.3 is 5.97 Å². The van der Waals surface area contributed by atoms with Gasteiger partial charge in [0, 0.05) is 19.5 Å². The lowest BCUT2D eigenvalue weighted by Gasteiger charge is -2.04. The Morgan fingerprint density at radius 1 is 1.38 bits per heavy atom. The predicted octanol–water partition coefficient (Wildman–Crippen LogP) is 1.82. The van der Waals surface area contributed by atoms with Crippen LogP contribution >= 0.6 is 0 Å². The van der Waals surface area contributed by atoms with E-state index in [9.17, 15) is 4.79 Å². The van der Waals surface area contributed by atoms with E-state index >= 15 is 0 Å². The van der Waals surface area contributed by atoms with E-state index in [2.05, 4.69) is 24.0 Å². The first-order valence-corrected chi connectivity index (χ1v) is 5.61.